The van der Waals surface area contributed by atoms with Crippen molar-refractivity contribution in [1.29, 1.82) is 0 Å². The Balaban J connectivity index is 2.01. The second-order valence-electron chi connectivity index (χ2n) is 7.48. The van der Waals surface area contributed by atoms with Gasteiger partial charge in [-0.05, 0) is 35.1 Å². The minimum Gasteiger partial charge on any atom is -0.441 e. The van der Waals surface area contributed by atoms with Gasteiger partial charge in [-0.3, -0.25) is 0 Å². The van der Waals surface area contributed by atoms with Gasteiger partial charge >= 0.3 is 0 Å². The van der Waals surface area contributed by atoms with Crippen molar-refractivity contribution in [3.05, 3.63) is 59.7 Å². The van der Waals surface area contributed by atoms with Crippen LogP contribution < -0.4 is 0 Å². The van der Waals surface area contributed by atoms with Gasteiger partial charge in [0.1, 0.15) is 11.8 Å². The highest BCUT2D eigenvalue weighted by Gasteiger charge is 2.21. The number of aromatic nitrogens is 4. The van der Waals surface area contributed by atoms with Crippen LogP contribution in [0, 0.1) is 6.92 Å². The third kappa shape index (κ3) is 2.93. The van der Waals surface area contributed by atoms with E-state index in [-0.39, 0.29) is 0 Å². The Hall–Kier alpha value is -2.95. The van der Waals surface area contributed by atoms with Gasteiger partial charge < -0.3 is 4.42 Å². The van der Waals surface area contributed by atoms with Crippen LogP contribution in [0.25, 0.3) is 28.2 Å². The number of fused-ring (bicyclic) bond motifs is 1. The minimum atomic E-state index is 0.376. The molecular weight excluding hydrogens is 336 g/mol. The summed E-state index contributed by atoms with van der Waals surface area (Å²) in [4.78, 5) is 9.16. The minimum absolute atomic E-state index is 0.376. The van der Waals surface area contributed by atoms with E-state index in [1.165, 1.54) is 11.1 Å². The Kier molecular flexibility index (Phi) is 4.30. The largest absolute Gasteiger partial charge is 0.441 e. The fourth-order valence-electron chi connectivity index (χ4n) is 3.58. The molecule has 2 heterocycles. The van der Waals surface area contributed by atoms with Crippen LogP contribution in [-0.4, -0.2) is 19.7 Å². The van der Waals surface area contributed by atoms with Crippen LogP contribution in [0.2, 0.25) is 0 Å². The van der Waals surface area contributed by atoms with E-state index in [0.29, 0.717) is 17.7 Å². The van der Waals surface area contributed by atoms with Crippen LogP contribution in [0.5, 0.6) is 0 Å². The number of para-hydroxylation sites is 2. The second kappa shape index (κ2) is 6.65. The maximum absolute atomic E-state index is 5.71. The highest BCUT2D eigenvalue weighted by Crippen LogP contribution is 2.34. The summed E-state index contributed by atoms with van der Waals surface area (Å²) < 4.78 is 7.67. The topological polar surface area (TPSA) is 56.7 Å². The van der Waals surface area contributed by atoms with Crippen molar-refractivity contribution in [2.45, 2.75) is 46.5 Å². The molecule has 27 heavy (non-hydrogen) atoms. The van der Waals surface area contributed by atoms with E-state index in [1.807, 2.05) is 29.8 Å². The lowest BCUT2D eigenvalue weighted by atomic mass is 9.92. The summed E-state index contributed by atoms with van der Waals surface area (Å²) in [5.41, 5.74) is 6.15. The zero-order chi connectivity index (χ0) is 19.1. The standard InChI is InChI=1S/C22H24N4O/c1-13(2)16-8-6-9-17(14(3)4)21(16)26-22(23-12-24-26)18-10-7-11-19-20(18)25-15(5)27-19/h6-14H,1-5H3. The van der Waals surface area contributed by atoms with Gasteiger partial charge in [0.05, 0.1) is 5.69 Å². The van der Waals surface area contributed by atoms with Gasteiger partial charge in [0, 0.05) is 12.5 Å². The lowest BCUT2D eigenvalue weighted by molar-refractivity contribution is 0.561. The average Bonchev–Trinajstić information content (AvgIpc) is 3.25. The first-order valence-corrected chi connectivity index (χ1v) is 9.37. The van der Waals surface area contributed by atoms with Crippen molar-refractivity contribution in [2.75, 3.05) is 0 Å². The van der Waals surface area contributed by atoms with E-state index in [2.05, 4.69) is 61.0 Å². The van der Waals surface area contributed by atoms with Crippen molar-refractivity contribution in [3.63, 3.8) is 0 Å². The Morgan fingerprint density at radius 2 is 1.59 bits per heavy atom. The molecule has 0 aliphatic heterocycles. The maximum Gasteiger partial charge on any atom is 0.192 e. The predicted molar refractivity (Wildman–Crippen MR) is 107 cm³/mol. The molecule has 0 aliphatic carbocycles. The van der Waals surface area contributed by atoms with Crippen LogP contribution in [0.3, 0.4) is 0 Å². The Morgan fingerprint density at radius 3 is 2.26 bits per heavy atom. The molecule has 0 saturated heterocycles. The lowest BCUT2D eigenvalue weighted by Gasteiger charge is -2.20. The summed E-state index contributed by atoms with van der Waals surface area (Å²) in [5, 5.41) is 4.61. The lowest BCUT2D eigenvalue weighted by Crippen LogP contribution is -2.09. The summed E-state index contributed by atoms with van der Waals surface area (Å²) >= 11 is 0. The van der Waals surface area contributed by atoms with Crippen LogP contribution in [0.1, 0.15) is 56.5 Å². The van der Waals surface area contributed by atoms with Crippen molar-refractivity contribution in [2.24, 2.45) is 0 Å². The summed E-state index contributed by atoms with van der Waals surface area (Å²) in [5.74, 6) is 2.18. The zero-order valence-corrected chi connectivity index (χ0v) is 16.4. The second-order valence-corrected chi connectivity index (χ2v) is 7.48. The number of nitrogens with zero attached hydrogens (tertiary/aromatic N) is 4. The molecule has 0 saturated carbocycles. The first-order chi connectivity index (χ1) is 13.0. The number of hydrogen-bond donors (Lipinski definition) is 0. The van der Waals surface area contributed by atoms with Crippen molar-refractivity contribution in [3.8, 4) is 17.1 Å². The number of rotatable bonds is 4. The molecule has 0 atom stereocenters. The van der Waals surface area contributed by atoms with Crippen LogP contribution in [0.15, 0.2) is 47.1 Å². The molecule has 0 N–H and O–H groups in total. The Bertz CT molecular complexity index is 1080. The first-order valence-electron chi connectivity index (χ1n) is 9.37. The molecule has 5 heteroatoms. The van der Waals surface area contributed by atoms with Crippen LogP contribution >= 0.6 is 0 Å². The Labute approximate surface area is 159 Å². The summed E-state index contributed by atoms with van der Waals surface area (Å²) in [6.07, 6.45) is 1.61. The summed E-state index contributed by atoms with van der Waals surface area (Å²) in [6.45, 7) is 10.7. The highest BCUT2D eigenvalue weighted by atomic mass is 16.3. The van der Waals surface area contributed by atoms with Gasteiger partial charge in [0.25, 0.3) is 0 Å². The molecule has 0 amide bonds. The van der Waals surface area contributed by atoms with Gasteiger partial charge in [-0.2, -0.15) is 5.10 Å². The van der Waals surface area contributed by atoms with Crippen LogP contribution in [-0.2, 0) is 0 Å². The van der Waals surface area contributed by atoms with Gasteiger partial charge in [-0.1, -0.05) is 52.0 Å². The number of aryl methyl sites for hydroxylation is 1. The molecule has 2 aromatic heterocycles. The summed E-state index contributed by atoms with van der Waals surface area (Å²) in [7, 11) is 0. The van der Waals surface area contributed by atoms with Gasteiger partial charge in [0.15, 0.2) is 17.3 Å². The van der Waals surface area contributed by atoms with E-state index < -0.39 is 0 Å². The fraction of sp³-hybridized carbons (Fsp3) is 0.318. The number of oxazole rings is 1. The normalized spacial score (nSPS) is 11.8. The molecule has 0 radical (unpaired) electrons. The molecule has 5 nitrogen and oxygen atoms in total. The molecule has 138 valence electrons. The maximum atomic E-state index is 5.71. The third-order valence-electron chi connectivity index (χ3n) is 4.87. The third-order valence-corrected chi connectivity index (χ3v) is 4.87. The van der Waals surface area contributed by atoms with E-state index in [4.69, 9.17) is 4.42 Å². The monoisotopic (exact) mass is 360 g/mol. The molecule has 0 aliphatic rings. The predicted octanol–water partition coefficient (Wildman–Crippen LogP) is 5.63. The molecule has 4 aromatic rings. The zero-order valence-electron chi connectivity index (χ0n) is 16.4. The van der Waals surface area contributed by atoms with Crippen LogP contribution in [0.4, 0.5) is 0 Å². The molecular formula is C22H24N4O. The smallest absolute Gasteiger partial charge is 0.192 e. The van der Waals surface area contributed by atoms with E-state index in [9.17, 15) is 0 Å². The van der Waals surface area contributed by atoms with Gasteiger partial charge in [-0.25, -0.2) is 14.6 Å². The molecule has 0 spiro atoms. The molecule has 4 rings (SSSR count). The molecule has 0 fully saturated rings. The molecule has 2 aromatic carbocycles. The average molecular weight is 360 g/mol. The highest BCUT2D eigenvalue weighted by molar-refractivity contribution is 5.89. The van der Waals surface area contributed by atoms with E-state index in [0.717, 1.165) is 28.2 Å². The first kappa shape index (κ1) is 17.5. The SMILES string of the molecule is Cc1nc2c(-c3ncnn3-c3c(C(C)C)cccc3C(C)C)cccc2o1. The van der Waals surface area contributed by atoms with E-state index >= 15 is 0 Å². The van der Waals surface area contributed by atoms with Crippen molar-refractivity contribution in [1.82, 2.24) is 19.7 Å². The number of hydrogen-bond acceptors (Lipinski definition) is 4. The molecule has 0 unspecified atom stereocenters. The van der Waals surface area contributed by atoms with Gasteiger partial charge in [0.2, 0.25) is 0 Å². The van der Waals surface area contributed by atoms with Crippen molar-refractivity contribution >= 4 is 11.1 Å². The van der Waals surface area contributed by atoms with E-state index in [1.54, 1.807) is 6.33 Å². The van der Waals surface area contributed by atoms with Gasteiger partial charge in [-0.15, -0.1) is 0 Å². The quantitative estimate of drug-likeness (QED) is 0.473. The Morgan fingerprint density at radius 1 is 0.926 bits per heavy atom. The number of benzene rings is 2. The fourth-order valence-corrected chi connectivity index (χ4v) is 3.58. The van der Waals surface area contributed by atoms with Crippen molar-refractivity contribution < 1.29 is 4.42 Å². The summed E-state index contributed by atoms with van der Waals surface area (Å²) in [6, 6.07) is 12.4. The molecule has 0 bridgehead atoms.